The highest BCUT2D eigenvalue weighted by atomic mass is 16.2. The first-order valence-electron chi connectivity index (χ1n) is 6.18. The van der Waals surface area contributed by atoms with E-state index in [1.165, 1.54) is 19.4 Å². The Kier molecular flexibility index (Phi) is 2.06. The minimum absolute atomic E-state index is 0.386. The lowest BCUT2D eigenvalue weighted by Gasteiger charge is -2.38. The zero-order valence-electron chi connectivity index (χ0n) is 9.54. The third-order valence-corrected chi connectivity index (χ3v) is 4.29. The maximum atomic E-state index is 11.5. The first-order valence-corrected chi connectivity index (χ1v) is 6.18. The third-order valence-electron chi connectivity index (χ3n) is 4.29. The van der Waals surface area contributed by atoms with E-state index in [1.54, 1.807) is 0 Å². The monoisotopic (exact) mass is 208 g/mol. The van der Waals surface area contributed by atoms with Gasteiger partial charge >= 0.3 is 0 Å². The smallest absolute Gasteiger partial charge is 0.222 e. The molecule has 1 aliphatic carbocycles. The molecule has 3 nitrogen and oxygen atoms in total. The average Bonchev–Trinajstić information content (AvgIpc) is 2.81. The Morgan fingerprint density at radius 2 is 2.20 bits per heavy atom. The molecule has 2 saturated heterocycles. The Morgan fingerprint density at radius 1 is 1.40 bits per heavy atom. The fraction of sp³-hybridized carbons (Fsp3) is 0.917. The van der Waals surface area contributed by atoms with Gasteiger partial charge in [-0.25, -0.2) is 0 Å². The molecule has 2 aliphatic heterocycles. The van der Waals surface area contributed by atoms with E-state index in [0.29, 0.717) is 17.4 Å². The first-order chi connectivity index (χ1) is 7.16. The lowest BCUT2D eigenvalue weighted by atomic mass is 10.1. The molecule has 0 bridgehead atoms. The Morgan fingerprint density at radius 3 is 2.93 bits per heavy atom. The van der Waals surface area contributed by atoms with E-state index in [0.717, 1.165) is 32.5 Å². The highest BCUT2D eigenvalue weighted by Crippen LogP contribution is 2.45. The van der Waals surface area contributed by atoms with Gasteiger partial charge in [0.2, 0.25) is 5.91 Å². The highest BCUT2D eigenvalue weighted by Gasteiger charge is 2.42. The molecule has 0 aromatic heterocycles. The molecule has 0 spiro atoms. The van der Waals surface area contributed by atoms with Gasteiger partial charge in [-0.3, -0.25) is 9.69 Å². The molecule has 1 unspecified atom stereocenters. The molecular weight excluding hydrogens is 188 g/mol. The van der Waals surface area contributed by atoms with Gasteiger partial charge in [-0.05, 0) is 24.7 Å². The lowest BCUT2D eigenvalue weighted by molar-refractivity contribution is -0.130. The molecule has 1 atom stereocenters. The number of fused-ring (bicyclic) bond motifs is 1. The van der Waals surface area contributed by atoms with Crippen LogP contribution in [0.15, 0.2) is 0 Å². The summed E-state index contributed by atoms with van der Waals surface area (Å²) in [7, 11) is 0. The predicted molar refractivity (Wildman–Crippen MR) is 58.5 cm³/mol. The molecule has 0 aromatic rings. The number of hydrogen-bond acceptors (Lipinski definition) is 2. The van der Waals surface area contributed by atoms with E-state index in [9.17, 15) is 4.79 Å². The van der Waals surface area contributed by atoms with Crippen LogP contribution in [0.1, 0.15) is 32.6 Å². The normalized spacial score (nSPS) is 34.3. The van der Waals surface area contributed by atoms with Crippen LogP contribution in [0.3, 0.4) is 0 Å². The molecule has 2 heterocycles. The molecular formula is C12H20N2O. The van der Waals surface area contributed by atoms with E-state index in [4.69, 9.17) is 0 Å². The van der Waals surface area contributed by atoms with Crippen molar-refractivity contribution in [1.82, 2.24) is 9.80 Å². The van der Waals surface area contributed by atoms with Crippen LogP contribution in [0.2, 0.25) is 0 Å². The number of rotatable bonds is 2. The van der Waals surface area contributed by atoms with E-state index < -0.39 is 0 Å². The van der Waals surface area contributed by atoms with Crippen molar-refractivity contribution in [1.29, 1.82) is 0 Å². The average molecular weight is 208 g/mol. The van der Waals surface area contributed by atoms with Gasteiger partial charge in [0.05, 0.1) is 0 Å². The van der Waals surface area contributed by atoms with Gasteiger partial charge in [-0.1, -0.05) is 6.92 Å². The zero-order valence-corrected chi connectivity index (χ0v) is 9.54. The van der Waals surface area contributed by atoms with E-state index in [-0.39, 0.29) is 0 Å². The van der Waals surface area contributed by atoms with Crippen LogP contribution < -0.4 is 0 Å². The van der Waals surface area contributed by atoms with Crippen molar-refractivity contribution in [2.24, 2.45) is 5.41 Å². The van der Waals surface area contributed by atoms with Crippen LogP contribution in [-0.4, -0.2) is 47.9 Å². The van der Waals surface area contributed by atoms with E-state index >= 15 is 0 Å². The minimum Gasteiger partial charge on any atom is -0.337 e. The van der Waals surface area contributed by atoms with Gasteiger partial charge in [0.15, 0.2) is 0 Å². The minimum atomic E-state index is 0.386. The molecule has 84 valence electrons. The van der Waals surface area contributed by atoms with Gasteiger partial charge in [0.25, 0.3) is 0 Å². The van der Waals surface area contributed by atoms with Crippen molar-refractivity contribution in [3.8, 4) is 0 Å². The van der Waals surface area contributed by atoms with Gasteiger partial charge in [0.1, 0.15) is 0 Å². The molecule has 0 radical (unpaired) electrons. The maximum absolute atomic E-state index is 11.5. The molecule has 3 heteroatoms. The summed E-state index contributed by atoms with van der Waals surface area (Å²) in [6.45, 7) is 6.84. The zero-order chi connectivity index (χ0) is 10.5. The fourth-order valence-electron chi connectivity index (χ4n) is 2.98. The molecule has 3 rings (SSSR count). The maximum Gasteiger partial charge on any atom is 0.222 e. The van der Waals surface area contributed by atoms with Crippen LogP contribution >= 0.6 is 0 Å². The Labute approximate surface area is 91.4 Å². The molecule has 3 aliphatic rings. The summed E-state index contributed by atoms with van der Waals surface area (Å²) < 4.78 is 0. The Bertz CT molecular complexity index is 285. The van der Waals surface area contributed by atoms with Gasteiger partial charge in [-0.2, -0.15) is 0 Å². The predicted octanol–water partition coefficient (Wildman–Crippen LogP) is 1.09. The van der Waals surface area contributed by atoms with Crippen molar-refractivity contribution < 1.29 is 4.79 Å². The van der Waals surface area contributed by atoms with Gasteiger partial charge in [0, 0.05) is 38.6 Å². The van der Waals surface area contributed by atoms with Crippen LogP contribution in [0.4, 0.5) is 0 Å². The largest absolute Gasteiger partial charge is 0.337 e. The molecule has 1 saturated carbocycles. The summed E-state index contributed by atoms with van der Waals surface area (Å²) in [5, 5.41) is 0. The van der Waals surface area contributed by atoms with Crippen LogP contribution in [-0.2, 0) is 4.79 Å². The summed E-state index contributed by atoms with van der Waals surface area (Å²) in [4.78, 5) is 16.2. The molecule has 15 heavy (non-hydrogen) atoms. The molecule has 3 fully saturated rings. The second kappa shape index (κ2) is 3.21. The summed E-state index contributed by atoms with van der Waals surface area (Å²) in [5.41, 5.74) is 0.616. The number of carbonyl (C=O) groups is 1. The summed E-state index contributed by atoms with van der Waals surface area (Å²) in [6, 6.07) is 0.536. The number of hydrogen-bond donors (Lipinski definition) is 0. The number of carbonyl (C=O) groups excluding carboxylic acids is 1. The van der Waals surface area contributed by atoms with E-state index in [2.05, 4.69) is 16.7 Å². The number of piperazine rings is 1. The third kappa shape index (κ3) is 1.78. The summed E-state index contributed by atoms with van der Waals surface area (Å²) in [6.07, 6.45) is 4.68. The summed E-state index contributed by atoms with van der Waals surface area (Å²) >= 11 is 0. The first kappa shape index (κ1) is 9.64. The number of nitrogens with zero attached hydrogens (tertiary/aromatic N) is 2. The van der Waals surface area contributed by atoms with Crippen LogP contribution in [0.25, 0.3) is 0 Å². The van der Waals surface area contributed by atoms with Crippen molar-refractivity contribution in [2.45, 2.75) is 38.6 Å². The summed E-state index contributed by atoms with van der Waals surface area (Å²) in [5.74, 6) is 0.386. The quantitative estimate of drug-likeness (QED) is 0.678. The Hall–Kier alpha value is -0.570. The van der Waals surface area contributed by atoms with E-state index in [1.807, 2.05) is 0 Å². The fourth-order valence-corrected chi connectivity index (χ4v) is 2.98. The highest BCUT2D eigenvalue weighted by molar-refractivity contribution is 5.78. The lowest BCUT2D eigenvalue weighted by Crippen LogP contribution is -2.52. The number of amides is 1. The SMILES string of the molecule is CC1(CN2CCN3C(=O)CCC3C2)CC1. The van der Waals surface area contributed by atoms with Gasteiger partial charge in [-0.15, -0.1) is 0 Å². The molecule has 0 N–H and O–H groups in total. The standard InChI is InChI=1S/C12H20N2O/c1-12(4-5-12)9-13-6-7-14-10(8-13)2-3-11(14)15/h10H,2-9H2,1H3. The van der Waals surface area contributed by atoms with Crippen molar-refractivity contribution in [3.05, 3.63) is 0 Å². The molecule has 1 amide bonds. The topological polar surface area (TPSA) is 23.6 Å². The van der Waals surface area contributed by atoms with Crippen molar-refractivity contribution in [2.75, 3.05) is 26.2 Å². The molecule has 0 aromatic carbocycles. The van der Waals surface area contributed by atoms with Crippen molar-refractivity contribution >= 4 is 5.91 Å². The second-order valence-corrected chi connectivity index (χ2v) is 5.83. The van der Waals surface area contributed by atoms with Crippen LogP contribution in [0.5, 0.6) is 0 Å². The van der Waals surface area contributed by atoms with Crippen LogP contribution in [0, 0.1) is 5.41 Å². The van der Waals surface area contributed by atoms with Gasteiger partial charge < -0.3 is 4.90 Å². The van der Waals surface area contributed by atoms with Crippen molar-refractivity contribution in [3.63, 3.8) is 0 Å². The second-order valence-electron chi connectivity index (χ2n) is 5.83. The Balaban J connectivity index is 1.59.